The van der Waals surface area contributed by atoms with E-state index in [0.29, 0.717) is 17.3 Å². The van der Waals surface area contributed by atoms with Crippen LogP contribution in [0.5, 0.6) is 0 Å². The van der Waals surface area contributed by atoms with Crippen molar-refractivity contribution >= 4 is 0 Å². The molecule has 1 saturated heterocycles. The highest BCUT2D eigenvalue weighted by molar-refractivity contribution is 5.36. The lowest BCUT2D eigenvalue weighted by atomic mass is 9.60. The second-order valence-corrected chi connectivity index (χ2v) is 12.8. The zero-order chi connectivity index (χ0) is 24.0. The minimum Gasteiger partial charge on any atom is -0.393 e. The van der Waals surface area contributed by atoms with Gasteiger partial charge in [0.15, 0.2) is 5.79 Å². The maximum absolute atomic E-state index is 10.1. The van der Waals surface area contributed by atoms with Crippen molar-refractivity contribution in [3.63, 3.8) is 0 Å². The molecule has 0 aromatic carbocycles. The Morgan fingerprint density at radius 2 is 1.85 bits per heavy atom. The summed E-state index contributed by atoms with van der Waals surface area (Å²) in [5, 5.41) is 10.1. The van der Waals surface area contributed by atoms with Crippen molar-refractivity contribution in [3.05, 3.63) is 35.5 Å². The zero-order valence-electron chi connectivity index (χ0n) is 22.1. The molecule has 33 heavy (non-hydrogen) atoms. The van der Waals surface area contributed by atoms with Crippen molar-refractivity contribution in [2.75, 3.05) is 0 Å². The average Bonchev–Trinajstić information content (AvgIpc) is 3.18. The second kappa shape index (κ2) is 9.28. The largest absolute Gasteiger partial charge is 0.393 e. The monoisotopic (exact) mass is 456 g/mol. The van der Waals surface area contributed by atoms with E-state index in [2.05, 4.69) is 46.4 Å². The van der Waals surface area contributed by atoms with Crippen LogP contribution in [0.2, 0.25) is 0 Å². The molecule has 6 atom stereocenters. The summed E-state index contributed by atoms with van der Waals surface area (Å²) < 4.78 is 12.4. The minimum absolute atomic E-state index is 0.173. The lowest BCUT2D eigenvalue weighted by Gasteiger charge is -2.44. The SMILES string of the molecule is C=C1CC[C@H](O)C/C1=C/C=C1\CCC[C@]2(C)[C@@H]([C@H](C)CC[C@H]3OC(C)(C)OC3(C)C)CC[C@@H]12. The molecule has 4 rings (SSSR count). The van der Waals surface area contributed by atoms with Gasteiger partial charge in [-0.05, 0) is 121 Å². The maximum Gasteiger partial charge on any atom is 0.164 e. The Morgan fingerprint density at radius 1 is 1.09 bits per heavy atom. The fourth-order valence-corrected chi connectivity index (χ4v) is 7.84. The number of aliphatic hydroxyl groups excluding tert-OH is 1. The number of hydrogen-bond acceptors (Lipinski definition) is 3. The molecule has 1 aliphatic heterocycles. The smallest absolute Gasteiger partial charge is 0.164 e. The normalized spacial score (nSPS) is 41.5. The predicted octanol–water partition coefficient (Wildman–Crippen LogP) is 7.50. The van der Waals surface area contributed by atoms with Gasteiger partial charge in [-0.1, -0.05) is 43.7 Å². The molecule has 0 aromatic rings. The molecule has 0 unspecified atom stereocenters. The molecule has 0 bridgehead atoms. The molecule has 3 saturated carbocycles. The summed E-state index contributed by atoms with van der Waals surface area (Å²) in [6.07, 6.45) is 16.1. The quantitative estimate of drug-likeness (QED) is 0.465. The summed E-state index contributed by atoms with van der Waals surface area (Å²) in [5.74, 6) is 1.72. The van der Waals surface area contributed by atoms with E-state index >= 15 is 0 Å². The number of allylic oxidation sites excluding steroid dienone is 4. The third-order valence-corrected chi connectivity index (χ3v) is 9.51. The number of aliphatic hydroxyl groups is 1. The first-order chi connectivity index (χ1) is 15.4. The van der Waals surface area contributed by atoms with Crippen LogP contribution >= 0.6 is 0 Å². The number of ether oxygens (including phenoxy) is 2. The number of rotatable bonds is 5. The van der Waals surface area contributed by atoms with Gasteiger partial charge < -0.3 is 14.6 Å². The molecule has 3 aliphatic carbocycles. The van der Waals surface area contributed by atoms with Gasteiger partial charge in [0.25, 0.3) is 0 Å². The van der Waals surface area contributed by atoms with E-state index in [-0.39, 0.29) is 17.8 Å². The average molecular weight is 457 g/mol. The molecule has 0 amide bonds. The highest BCUT2D eigenvalue weighted by Gasteiger charge is 2.51. The first-order valence-electron chi connectivity index (χ1n) is 13.5. The summed E-state index contributed by atoms with van der Waals surface area (Å²) in [4.78, 5) is 0. The van der Waals surface area contributed by atoms with Gasteiger partial charge in [-0.25, -0.2) is 0 Å². The summed E-state index contributed by atoms with van der Waals surface area (Å²) in [6.45, 7) is 17.7. The van der Waals surface area contributed by atoms with Crippen molar-refractivity contribution in [3.8, 4) is 0 Å². The summed E-state index contributed by atoms with van der Waals surface area (Å²) in [6, 6.07) is 0. The third kappa shape index (κ3) is 5.21. The molecule has 3 nitrogen and oxygen atoms in total. The molecule has 0 spiro atoms. The van der Waals surface area contributed by atoms with Gasteiger partial charge in [0.2, 0.25) is 0 Å². The molecule has 4 fully saturated rings. The molecule has 0 radical (unpaired) electrons. The predicted molar refractivity (Wildman–Crippen MR) is 136 cm³/mol. The topological polar surface area (TPSA) is 38.7 Å². The Morgan fingerprint density at radius 3 is 2.55 bits per heavy atom. The highest BCUT2D eigenvalue weighted by Crippen LogP contribution is 2.60. The Hall–Kier alpha value is -0.900. The van der Waals surface area contributed by atoms with Gasteiger partial charge in [0.05, 0.1) is 17.8 Å². The van der Waals surface area contributed by atoms with Crippen molar-refractivity contribution in [1.82, 2.24) is 0 Å². The summed E-state index contributed by atoms with van der Waals surface area (Å²) in [5.41, 5.74) is 4.33. The van der Waals surface area contributed by atoms with Crippen LogP contribution in [-0.2, 0) is 9.47 Å². The maximum atomic E-state index is 10.1. The van der Waals surface area contributed by atoms with Crippen LogP contribution in [0.25, 0.3) is 0 Å². The van der Waals surface area contributed by atoms with E-state index in [9.17, 15) is 5.11 Å². The Balaban J connectivity index is 1.42. The van der Waals surface area contributed by atoms with E-state index in [1.165, 1.54) is 49.7 Å². The molecule has 186 valence electrons. The lowest BCUT2D eigenvalue weighted by Crippen LogP contribution is -2.37. The van der Waals surface area contributed by atoms with E-state index in [1.54, 1.807) is 5.57 Å². The molecule has 1 heterocycles. The van der Waals surface area contributed by atoms with E-state index in [1.807, 2.05) is 13.8 Å². The van der Waals surface area contributed by atoms with Crippen LogP contribution in [0.15, 0.2) is 35.5 Å². The van der Waals surface area contributed by atoms with Crippen LogP contribution in [0.1, 0.15) is 106 Å². The molecule has 4 aliphatic rings. The first kappa shape index (κ1) is 25.2. The van der Waals surface area contributed by atoms with Gasteiger partial charge in [0, 0.05) is 0 Å². The Labute approximate surface area is 202 Å². The summed E-state index contributed by atoms with van der Waals surface area (Å²) in [7, 11) is 0. The fraction of sp³-hybridized carbons (Fsp3) is 0.800. The van der Waals surface area contributed by atoms with E-state index in [4.69, 9.17) is 9.47 Å². The van der Waals surface area contributed by atoms with Crippen molar-refractivity contribution in [1.29, 1.82) is 0 Å². The standard InChI is InChI=1S/C30H48O3/c1-20-10-14-24(31)19-23(20)13-12-22-9-8-18-30(7)25(15-16-26(22)30)21(2)11-17-27-28(3,4)33-29(5,6)32-27/h12-13,21,24-27,31H,1,8-11,14-19H2,2-7H3/b22-12+,23-13-/t21-,24+,25-,26+,27-,30-/m1/s1. The van der Waals surface area contributed by atoms with Crippen LogP contribution in [0.4, 0.5) is 0 Å². The molecular weight excluding hydrogens is 408 g/mol. The van der Waals surface area contributed by atoms with E-state index in [0.717, 1.165) is 31.6 Å². The van der Waals surface area contributed by atoms with Crippen LogP contribution in [0, 0.1) is 23.2 Å². The Kier molecular flexibility index (Phi) is 7.09. The van der Waals surface area contributed by atoms with Crippen molar-refractivity contribution in [2.24, 2.45) is 23.2 Å². The van der Waals surface area contributed by atoms with Crippen LogP contribution in [0.3, 0.4) is 0 Å². The molecule has 3 heteroatoms. The lowest BCUT2D eigenvalue weighted by molar-refractivity contribution is -0.157. The molecular formula is C30H48O3. The van der Waals surface area contributed by atoms with Crippen molar-refractivity contribution in [2.45, 2.75) is 129 Å². The molecule has 1 N–H and O–H groups in total. The van der Waals surface area contributed by atoms with E-state index < -0.39 is 5.79 Å². The van der Waals surface area contributed by atoms with Crippen LogP contribution < -0.4 is 0 Å². The highest BCUT2D eigenvalue weighted by atomic mass is 16.8. The van der Waals surface area contributed by atoms with Crippen molar-refractivity contribution < 1.29 is 14.6 Å². The second-order valence-electron chi connectivity index (χ2n) is 12.8. The molecule has 0 aromatic heterocycles. The first-order valence-corrected chi connectivity index (χ1v) is 13.5. The number of hydrogen-bond donors (Lipinski definition) is 1. The fourth-order valence-electron chi connectivity index (χ4n) is 7.84. The van der Waals surface area contributed by atoms with Gasteiger partial charge in [-0.3, -0.25) is 0 Å². The minimum atomic E-state index is -0.473. The zero-order valence-corrected chi connectivity index (χ0v) is 22.1. The van der Waals surface area contributed by atoms with Crippen LogP contribution in [-0.4, -0.2) is 28.7 Å². The Bertz CT molecular complexity index is 803. The van der Waals surface area contributed by atoms with Gasteiger partial charge in [0.1, 0.15) is 0 Å². The van der Waals surface area contributed by atoms with Gasteiger partial charge in [-0.2, -0.15) is 0 Å². The number of fused-ring (bicyclic) bond motifs is 1. The summed E-state index contributed by atoms with van der Waals surface area (Å²) >= 11 is 0. The van der Waals surface area contributed by atoms with Gasteiger partial charge >= 0.3 is 0 Å². The van der Waals surface area contributed by atoms with Gasteiger partial charge in [-0.15, -0.1) is 0 Å². The third-order valence-electron chi connectivity index (χ3n) is 9.51.